The van der Waals surface area contributed by atoms with E-state index in [1.165, 1.54) is 44.9 Å². The van der Waals surface area contributed by atoms with Crippen molar-refractivity contribution >= 4 is 17.6 Å². The van der Waals surface area contributed by atoms with Crippen molar-refractivity contribution < 1.29 is 9.59 Å². The lowest BCUT2D eigenvalue weighted by atomic mass is 10.0. The van der Waals surface area contributed by atoms with Gasteiger partial charge in [-0.25, -0.2) is 0 Å². The Kier molecular flexibility index (Phi) is 17.7. The first kappa shape index (κ1) is 26.4. The van der Waals surface area contributed by atoms with Crippen LogP contribution in [0.15, 0.2) is 4.99 Å². The summed E-state index contributed by atoms with van der Waals surface area (Å²) in [7, 11) is 0. The van der Waals surface area contributed by atoms with Gasteiger partial charge in [0.25, 0.3) is 0 Å². The lowest BCUT2D eigenvalue weighted by Crippen LogP contribution is -2.40. The fourth-order valence-electron chi connectivity index (χ4n) is 3.27. The zero-order valence-electron chi connectivity index (χ0n) is 18.3. The molecule has 1 atom stereocenters. The van der Waals surface area contributed by atoms with Gasteiger partial charge in [0.15, 0.2) is 11.7 Å². The van der Waals surface area contributed by atoms with Gasteiger partial charge in [-0.2, -0.15) is 0 Å². The number of unbranched alkanes of at least 4 members (excludes halogenated alkanes) is 9. The van der Waals surface area contributed by atoms with Crippen LogP contribution < -0.4 is 16.8 Å². The van der Waals surface area contributed by atoms with E-state index in [-0.39, 0.29) is 23.7 Å². The first-order chi connectivity index (χ1) is 13.5. The number of carbonyl (C=O) groups is 2. The third-order valence-electron chi connectivity index (χ3n) is 4.92. The average Bonchev–Trinajstić information content (AvgIpc) is 2.65. The highest BCUT2D eigenvalue weighted by atomic mass is 16.2. The second kappa shape index (κ2) is 18.8. The Hall–Kier alpha value is -1.59. The van der Waals surface area contributed by atoms with Gasteiger partial charge in [0.1, 0.15) is 0 Å². The zero-order chi connectivity index (χ0) is 21.0. The fourth-order valence-corrected chi connectivity index (χ4v) is 3.27. The molecule has 1 amide bonds. The second-order valence-electron chi connectivity index (χ2n) is 7.72. The summed E-state index contributed by atoms with van der Waals surface area (Å²) in [6.07, 6.45) is 15.2. The Morgan fingerprint density at radius 1 is 0.786 bits per heavy atom. The van der Waals surface area contributed by atoms with E-state index < -0.39 is 0 Å². The maximum Gasteiger partial charge on any atom is 0.220 e. The molecule has 0 aromatic heterocycles. The molecular formula is C22H44N4O2. The van der Waals surface area contributed by atoms with Gasteiger partial charge < -0.3 is 16.8 Å². The third-order valence-corrected chi connectivity index (χ3v) is 4.92. The molecule has 5 N–H and O–H groups in total. The van der Waals surface area contributed by atoms with Crippen molar-refractivity contribution in [1.82, 2.24) is 5.32 Å². The van der Waals surface area contributed by atoms with Gasteiger partial charge in [-0.3, -0.25) is 14.6 Å². The normalized spacial score (nSPS) is 11.8. The molecule has 0 aliphatic rings. The summed E-state index contributed by atoms with van der Waals surface area (Å²) in [5.74, 6) is 0.222. The minimum atomic E-state index is -0.370. The molecule has 0 spiro atoms. The molecule has 0 aromatic carbocycles. The molecule has 0 radical (unpaired) electrons. The monoisotopic (exact) mass is 396 g/mol. The van der Waals surface area contributed by atoms with Gasteiger partial charge in [-0.05, 0) is 32.1 Å². The quantitative estimate of drug-likeness (QED) is 0.172. The highest BCUT2D eigenvalue weighted by Crippen LogP contribution is 2.11. The Morgan fingerprint density at radius 2 is 1.39 bits per heavy atom. The number of nitrogens with two attached hydrogens (primary N) is 2. The number of carbonyl (C=O) groups excluding carboxylic acids is 2. The predicted molar refractivity (Wildman–Crippen MR) is 118 cm³/mol. The van der Waals surface area contributed by atoms with Crippen LogP contribution in [0.4, 0.5) is 0 Å². The number of Topliss-reactive ketones (excluding diaryl/α,β-unsaturated/α-hetero) is 1. The minimum absolute atomic E-state index is 0.00150. The molecule has 0 aromatic rings. The maximum absolute atomic E-state index is 12.3. The van der Waals surface area contributed by atoms with E-state index in [4.69, 9.17) is 11.5 Å². The molecular weight excluding hydrogens is 352 g/mol. The number of guanidine groups is 1. The SMILES string of the molecule is CCCCCCCCCCCC(=O)NC(CCCCN=C(N)N)C(=O)CCC. The molecule has 0 rings (SSSR count). The van der Waals surface area contributed by atoms with Crippen molar-refractivity contribution in [3.8, 4) is 0 Å². The number of hydrogen-bond acceptors (Lipinski definition) is 3. The lowest BCUT2D eigenvalue weighted by molar-refractivity contribution is -0.128. The Labute approximate surface area is 172 Å². The number of aliphatic imine (C=N–C) groups is 1. The van der Waals surface area contributed by atoms with Crippen molar-refractivity contribution in [2.24, 2.45) is 16.5 Å². The van der Waals surface area contributed by atoms with Crippen molar-refractivity contribution in [1.29, 1.82) is 0 Å². The number of ketones is 1. The van der Waals surface area contributed by atoms with E-state index in [1.54, 1.807) is 0 Å². The van der Waals surface area contributed by atoms with Gasteiger partial charge in [0, 0.05) is 19.4 Å². The van der Waals surface area contributed by atoms with Crippen molar-refractivity contribution in [3.63, 3.8) is 0 Å². The van der Waals surface area contributed by atoms with Gasteiger partial charge in [0.05, 0.1) is 6.04 Å². The summed E-state index contributed by atoms with van der Waals surface area (Å²) in [6, 6.07) is -0.370. The topological polar surface area (TPSA) is 111 Å². The van der Waals surface area contributed by atoms with Gasteiger partial charge in [-0.1, -0.05) is 65.2 Å². The average molecular weight is 397 g/mol. The summed E-state index contributed by atoms with van der Waals surface area (Å²) >= 11 is 0. The number of amides is 1. The van der Waals surface area contributed by atoms with Crippen LogP contribution in [0, 0.1) is 0 Å². The van der Waals surface area contributed by atoms with Crippen LogP contribution in [0.3, 0.4) is 0 Å². The number of hydrogen-bond donors (Lipinski definition) is 3. The summed E-state index contributed by atoms with van der Waals surface area (Å²) in [4.78, 5) is 28.5. The van der Waals surface area contributed by atoms with Crippen LogP contribution in [-0.4, -0.2) is 30.2 Å². The number of nitrogens with one attached hydrogen (secondary N) is 1. The summed E-state index contributed by atoms with van der Waals surface area (Å²) in [5.41, 5.74) is 10.6. The van der Waals surface area contributed by atoms with E-state index >= 15 is 0 Å². The molecule has 164 valence electrons. The van der Waals surface area contributed by atoms with E-state index in [0.717, 1.165) is 32.1 Å². The molecule has 0 aliphatic carbocycles. The molecule has 6 nitrogen and oxygen atoms in total. The van der Waals surface area contributed by atoms with Crippen molar-refractivity contribution in [3.05, 3.63) is 0 Å². The lowest BCUT2D eigenvalue weighted by Gasteiger charge is -2.17. The van der Waals surface area contributed by atoms with E-state index in [2.05, 4.69) is 17.2 Å². The first-order valence-corrected chi connectivity index (χ1v) is 11.4. The highest BCUT2D eigenvalue weighted by Gasteiger charge is 2.19. The number of rotatable bonds is 19. The van der Waals surface area contributed by atoms with Crippen LogP contribution in [0.1, 0.15) is 110 Å². The number of nitrogens with zero attached hydrogens (tertiary/aromatic N) is 1. The Bertz CT molecular complexity index is 434. The largest absolute Gasteiger partial charge is 0.370 e. The molecule has 28 heavy (non-hydrogen) atoms. The molecule has 0 aliphatic heterocycles. The third kappa shape index (κ3) is 16.6. The van der Waals surface area contributed by atoms with Crippen LogP contribution in [0.25, 0.3) is 0 Å². The summed E-state index contributed by atoms with van der Waals surface area (Å²) in [6.45, 7) is 4.78. The fraction of sp³-hybridized carbons (Fsp3) is 0.864. The van der Waals surface area contributed by atoms with Crippen LogP contribution in [-0.2, 0) is 9.59 Å². The predicted octanol–water partition coefficient (Wildman–Crippen LogP) is 4.21. The van der Waals surface area contributed by atoms with Crippen molar-refractivity contribution in [2.45, 2.75) is 116 Å². The van der Waals surface area contributed by atoms with Crippen molar-refractivity contribution in [2.75, 3.05) is 6.54 Å². The molecule has 0 fully saturated rings. The van der Waals surface area contributed by atoms with Gasteiger partial charge in [0.2, 0.25) is 5.91 Å². The summed E-state index contributed by atoms with van der Waals surface area (Å²) < 4.78 is 0. The van der Waals surface area contributed by atoms with E-state index in [9.17, 15) is 9.59 Å². The maximum atomic E-state index is 12.3. The van der Waals surface area contributed by atoms with Gasteiger partial charge >= 0.3 is 0 Å². The molecule has 0 saturated heterocycles. The Balaban J connectivity index is 3.99. The molecule has 0 heterocycles. The first-order valence-electron chi connectivity index (χ1n) is 11.4. The smallest absolute Gasteiger partial charge is 0.220 e. The van der Waals surface area contributed by atoms with E-state index in [0.29, 0.717) is 25.8 Å². The highest BCUT2D eigenvalue weighted by molar-refractivity contribution is 5.88. The van der Waals surface area contributed by atoms with Crippen LogP contribution in [0.2, 0.25) is 0 Å². The standard InChI is InChI=1S/C22H44N4O2/c1-3-5-6-7-8-9-10-11-12-17-21(28)26-19(20(27)15-4-2)16-13-14-18-25-22(23)24/h19H,3-18H2,1-2H3,(H,26,28)(H4,23,24,25). The molecule has 6 heteroatoms. The second-order valence-corrected chi connectivity index (χ2v) is 7.72. The van der Waals surface area contributed by atoms with E-state index in [1.807, 2.05) is 6.92 Å². The minimum Gasteiger partial charge on any atom is -0.370 e. The van der Waals surface area contributed by atoms with Gasteiger partial charge in [-0.15, -0.1) is 0 Å². The molecule has 0 saturated carbocycles. The molecule has 1 unspecified atom stereocenters. The van der Waals surface area contributed by atoms with Crippen LogP contribution in [0.5, 0.6) is 0 Å². The zero-order valence-corrected chi connectivity index (χ0v) is 18.3. The molecule has 0 bridgehead atoms. The van der Waals surface area contributed by atoms with Crippen LogP contribution >= 0.6 is 0 Å². The Morgan fingerprint density at radius 3 is 1.96 bits per heavy atom. The summed E-state index contributed by atoms with van der Waals surface area (Å²) in [5, 5.41) is 2.95.